The minimum absolute atomic E-state index is 0.0858. The number of hydrogen-bond acceptors (Lipinski definition) is 5. The summed E-state index contributed by atoms with van der Waals surface area (Å²) in [6.07, 6.45) is 2.23. The monoisotopic (exact) mass is 291 g/mol. The van der Waals surface area contributed by atoms with E-state index in [1.54, 1.807) is 19.2 Å². The van der Waals surface area contributed by atoms with Gasteiger partial charge in [0, 0.05) is 19.2 Å². The molecule has 1 atom stereocenters. The van der Waals surface area contributed by atoms with Crippen LogP contribution in [0.15, 0.2) is 24.8 Å². The van der Waals surface area contributed by atoms with Gasteiger partial charge in [0.25, 0.3) is 0 Å². The summed E-state index contributed by atoms with van der Waals surface area (Å²) in [6.45, 7) is 5.28. The second kappa shape index (κ2) is 6.49. The van der Waals surface area contributed by atoms with Crippen molar-refractivity contribution in [3.05, 3.63) is 24.8 Å². The van der Waals surface area contributed by atoms with Crippen molar-refractivity contribution in [1.82, 2.24) is 4.90 Å². The van der Waals surface area contributed by atoms with E-state index in [1.807, 2.05) is 7.05 Å². The molecule has 1 amide bonds. The van der Waals surface area contributed by atoms with Crippen molar-refractivity contribution in [3.63, 3.8) is 0 Å². The van der Waals surface area contributed by atoms with Crippen molar-refractivity contribution < 1.29 is 14.3 Å². The van der Waals surface area contributed by atoms with Gasteiger partial charge in [0.05, 0.1) is 18.5 Å². The highest BCUT2D eigenvalue weighted by atomic mass is 16.5. The van der Waals surface area contributed by atoms with Gasteiger partial charge in [0.1, 0.15) is 17.6 Å². The number of hydrogen-bond donors (Lipinski definition) is 2. The Morgan fingerprint density at radius 3 is 2.86 bits per heavy atom. The Morgan fingerprint density at radius 1 is 1.52 bits per heavy atom. The van der Waals surface area contributed by atoms with Crippen LogP contribution in [0, 0.1) is 0 Å². The first-order valence-electron chi connectivity index (χ1n) is 6.79. The fourth-order valence-corrected chi connectivity index (χ4v) is 2.30. The zero-order valence-corrected chi connectivity index (χ0v) is 12.4. The molecular formula is C15H21N3O3. The van der Waals surface area contributed by atoms with Gasteiger partial charge in [-0.1, -0.05) is 6.58 Å². The maximum atomic E-state index is 11.5. The van der Waals surface area contributed by atoms with Gasteiger partial charge in [-0.15, -0.1) is 0 Å². The number of ether oxygens (including phenoxy) is 2. The zero-order valence-electron chi connectivity index (χ0n) is 12.4. The second-order valence-electron chi connectivity index (χ2n) is 5.07. The highest BCUT2D eigenvalue weighted by Gasteiger charge is 2.23. The van der Waals surface area contributed by atoms with Crippen LogP contribution in [0.3, 0.4) is 0 Å². The van der Waals surface area contributed by atoms with Crippen LogP contribution in [-0.2, 0) is 4.79 Å². The molecule has 0 spiro atoms. The third-order valence-corrected chi connectivity index (χ3v) is 3.42. The Labute approximate surface area is 124 Å². The fraction of sp³-hybridized carbons (Fsp3) is 0.400. The number of likely N-dealkylation sites (tertiary alicyclic amines) is 1. The predicted molar refractivity (Wildman–Crippen MR) is 82.8 cm³/mol. The summed E-state index contributed by atoms with van der Waals surface area (Å²) < 4.78 is 11.2. The standard InChI is InChI=1S/C15H21N3O3/c1-4-15(19)17-12-7-11(16)13(20-3)8-14(12)21-10-5-6-18(2)9-10/h4,7-8,10H,1,5-6,9,16H2,2-3H3,(H,17,19)/t10-/m1/s1. The number of likely N-dealkylation sites (N-methyl/N-ethyl adjacent to an activating group) is 1. The molecule has 1 aliphatic rings. The van der Waals surface area contributed by atoms with E-state index < -0.39 is 0 Å². The second-order valence-corrected chi connectivity index (χ2v) is 5.07. The quantitative estimate of drug-likeness (QED) is 0.635. The summed E-state index contributed by atoms with van der Waals surface area (Å²) in [5, 5.41) is 2.71. The third kappa shape index (κ3) is 3.66. The lowest BCUT2D eigenvalue weighted by Gasteiger charge is -2.18. The Bertz CT molecular complexity index is 545. The number of anilines is 2. The van der Waals surface area contributed by atoms with Crippen LogP contribution in [-0.4, -0.2) is 44.2 Å². The number of nitrogens with two attached hydrogens (primary N) is 1. The van der Waals surface area contributed by atoms with Crippen LogP contribution in [0.4, 0.5) is 11.4 Å². The molecule has 1 fully saturated rings. The molecule has 1 saturated heterocycles. The molecule has 3 N–H and O–H groups in total. The molecule has 2 rings (SSSR count). The minimum atomic E-state index is -0.312. The lowest BCUT2D eigenvalue weighted by atomic mass is 10.2. The van der Waals surface area contributed by atoms with Gasteiger partial charge in [-0.25, -0.2) is 0 Å². The number of carbonyl (C=O) groups is 1. The topological polar surface area (TPSA) is 76.8 Å². The van der Waals surface area contributed by atoms with Crippen LogP contribution < -0.4 is 20.5 Å². The molecule has 0 unspecified atom stereocenters. The molecular weight excluding hydrogens is 270 g/mol. The van der Waals surface area contributed by atoms with E-state index in [0.29, 0.717) is 22.9 Å². The number of methoxy groups -OCH3 is 1. The Balaban J connectivity index is 2.26. The summed E-state index contributed by atoms with van der Waals surface area (Å²) >= 11 is 0. The summed E-state index contributed by atoms with van der Waals surface area (Å²) in [6, 6.07) is 3.33. The van der Waals surface area contributed by atoms with Gasteiger partial charge >= 0.3 is 0 Å². The van der Waals surface area contributed by atoms with Gasteiger partial charge in [0.15, 0.2) is 0 Å². The molecule has 1 aliphatic heterocycles. The largest absolute Gasteiger partial charge is 0.494 e. The molecule has 1 aromatic rings. The Kier molecular flexibility index (Phi) is 4.70. The van der Waals surface area contributed by atoms with Gasteiger partial charge in [0.2, 0.25) is 5.91 Å². The molecule has 114 valence electrons. The number of nitrogens with zero attached hydrogens (tertiary/aromatic N) is 1. The van der Waals surface area contributed by atoms with E-state index in [-0.39, 0.29) is 12.0 Å². The summed E-state index contributed by atoms with van der Waals surface area (Å²) in [5.41, 5.74) is 6.84. The molecule has 6 nitrogen and oxygen atoms in total. The minimum Gasteiger partial charge on any atom is -0.494 e. The first-order chi connectivity index (χ1) is 10.0. The maximum Gasteiger partial charge on any atom is 0.247 e. The normalized spacial score (nSPS) is 18.3. The van der Waals surface area contributed by atoms with E-state index >= 15 is 0 Å². The van der Waals surface area contributed by atoms with Crippen LogP contribution in [0.5, 0.6) is 11.5 Å². The third-order valence-electron chi connectivity index (χ3n) is 3.42. The lowest BCUT2D eigenvalue weighted by molar-refractivity contribution is -0.111. The van der Waals surface area contributed by atoms with Crippen LogP contribution in [0.25, 0.3) is 0 Å². The lowest BCUT2D eigenvalue weighted by Crippen LogP contribution is -2.22. The van der Waals surface area contributed by atoms with Crippen LogP contribution in [0.1, 0.15) is 6.42 Å². The van der Waals surface area contributed by atoms with Gasteiger partial charge in [-0.05, 0) is 25.6 Å². The predicted octanol–water partition coefficient (Wildman–Crippen LogP) is 1.48. The van der Waals surface area contributed by atoms with Gasteiger partial charge < -0.3 is 25.4 Å². The number of carbonyl (C=O) groups excluding carboxylic acids is 1. The summed E-state index contributed by atoms with van der Waals surface area (Å²) in [7, 11) is 3.59. The van der Waals surface area contributed by atoms with E-state index in [9.17, 15) is 4.79 Å². The molecule has 0 bridgehead atoms. The Morgan fingerprint density at radius 2 is 2.29 bits per heavy atom. The fourth-order valence-electron chi connectivity index (χ4n) is 2.30. The van der Waals surface area contributed by atoms with Crippen molar-refractivity contribution in [1.29, 1.82) is 0 Å². The smallest absolute Gasteiger partial charge is 0.247 e. The van der Waals surface area contributed by atoms with Crippen molar-refractivity contribution in [2.45, 2.75) is 12.5 Å². The average Bonchev–Trinajstić information content (AvgIpc) is 2.86. The number of amides is 1. The highest BCUT2D eigenvalue weighted by molar-refractivity contribution is 6.00. The maximum absolute atomic E-state index is 11.5. The zero-order chi connectivity index (χ0) is 15.4. The summed E-state index contributed by atoms with van der Waals surface area (Å²) in [4.78, 5) is 13.7. The number of nitrogens with one attached hydrogen (secondary N) is 1. The van der Waals surface area contributed by atoms with Gasteiger partial charge in [-0.2, -0.15) is 0 Å². The van der Waals surface area contributed by atoms with E-state index in [4.69, 9.17) is 15.2 Å². The van der Waals surface area contributed by atoms with Crippen molar-refractivity contribution >= 4 is 17.3 Å². The number of rotatable bonds is 5. The first kappa shape index (κ1) is 15.2. The van der Waals surface area contributed by atoms with Crippen molar-refractivity contribution in [2.24, 2.45) is 0 Å². The molecule has 0 radical (unpaired) electrons. The van der Waals surface area contributed by atoms with Crippen LogP contribution in [0.2, 0.25) is 0 Å². The van der Waals surface area contributed by atoms with Crippen LogP contribution >= 0.6 is 0 Å². The molecule has 0 aliphatic carbocycles. The molecule has 21 heavy (non-hydrogen) atoms. The Hall–Kier alpha value is -2.21. The van der Waals surface area contributed by atoms with E-state index in [0.717, 1.165) is 19.5 Å². The highest BCUT2D eigenvalue weighted by Crippen LogP contribution is 2.36. The number of nitrogen functional groups attached to an aromatic ring is 1. The van der Waals surface area contributed by atoms with Crippen molar-refractivity contribution in [3.8, 4) is 11.5 Å². The molecule has 1 aromatic carbocycles. The molecule has 1 heterocycles. The molecule has 6 heteroatoms. The SMILES string of the molecule is C=CC(=O)Nc1cc(N)c(OC)cc1O[C@@H]1CCN(C)C1. The summed E-state index contributed by atoms with van der Waals surface area (Å²) in [5.74, 6) is 0.762. The number of benzene rings is 1. The van der Waals surface area contributed by atoms with Crippen molar-refractivity contribution in [2.75, 3.05) is 38.3 Å². The van der Waals surface area contributed by atoms with E-state index in [2.05, 4.69) is 16.8 Å². The molecule has 0 aromatic heterocycles. The van der Waals surface area contributed by atoms with E-state index in [1.165, 1.54) is 6.08 Å². The molecule has 0 saturated carbocycles. The van der Waals surface area contributed by atoms with Gasteiger partial charge in [-0.3, -0.25) is 4.79 Å². The first-order valence-corrected chi connectivity index (χ1v) is 6.79. The average molecular weight is 291 g/mol.